The summed E-state index contributed by atoms with van der Waals surface area (Å²) in [7, 11) is 1.56. The van der Waals surface area contributed by atoms with Gasteiger partial charge in [-0.1, -0.05) is 22.0 Å². The van der Waals surface area contributed by atoms with Crippen LogP contribution in [0.1, 0.15) is 27.0 Å². The molecule has 0 aliphatic carbocycles. The van der Waals surface area contributed by atoms with Crippen LogP contribution >= 0.6 is 15.9 Å². The second kappa shape index (κ2) is 5.67. The quantitative estimate of drug-likeness (QED) is 0.684. The molecule has 0 fully saturated rings. The Kier molecular flexibility index (Phi) is 4.14. The van der Waals surface area contributed by atoms with Gasteiger partial charge in [0.05, 0.1) is 12.7 Å². The fraction of sp³-hybridized carbons (Fsp3) is 0.188. The largest absolute Gasteiger partial charge is 0.496 e. The minimum absolute atomic E-state index is 0.127. The number of methoxy groups -OCH3 is 1. The highest BCUT2D eigenvalue weighted by atomic mass is 79.9. The van der Waals surface area contributed by atoms with Crippen molar-refractivity contribution >= 4 is 27.4 Å². The topological polar surface area (TPSA) is 52.3 Å². The predicted molar refractivity (Wildman–Crippen MR) is 84.5 cm³/mol. The normalized spacial score (nSPS) is 10.4. The molecule has 0 radical (unpaired) electrons. The number of ether oxygens (including phenoxy) is 1. The Hall–Kier alpha value is -1.81. The molecular formula is C16H16BrNO2. The molecule has 0 unspecified atom stereocenters. The first-order chi connectivity index (χ1) is 9.43. The van der Waals surface area contributed by atoms with Crippen LogP contribution in [0.2, 0.25) is 0 Å². The number of anilines is 1. The molecule has 2 N–H and O–H groups in total. The van der Waals surface area contributed by atoms with E-state index in [2.05, 4.69) is 15.9 Å². The fourth-order valence-electron chi connectivity index (χ4n) is 2.24. The van der Waals surface area contributed by atoms with Crippen molar-refractivity contribution in [1.82, 2.24) is 0 Å². The van der Waals surface area contributed by atoms with Gasteiger partial charge >= 0.3 is 0 Å². The molecule has 20 heavy (non-hydrogen) atoms. The van der Waals surface area contributed by atoms with Crippen molar-refractivity contribution in [2.75, 3.05) is 12.8 Å². The summed E-state index contributed by atoms with van der Waals surface area (Å²) in [5.41, 5.74) is 9.34. The van der Waals surface area contributed by atoms with E-state index in [0.717, 1.165) is 15.6 Å². The first-order valence-electron chi connectivity index (χ1n) is 6.19. The van der Waals surface area contributed by atoms with Crippen molar-refractivity contribution < 1.29 is 9.53 Å². The summed E-state index contributed by atoms with van der Waals surface area (Å²) in [4.78, 5) is 12.8. The lowest BCUT2D eigenvalue weighted by Crippen LogP contribution is -2.09. The van der Waals surface area contributed by atoms with Crippen LogP contribution in [-0.2, 0) is 0 Å². The van der Waals surface area contributed by atoms with E-state index in [9.17, 15) is 4.79 Å². The number of halogens is 1. The predicted octanol–water partition coefficient (Wildman–Crippen LogP) is 3.89. The monoisotopic (exact) mass is 333 g/mol. The van der Waals surface area contributed by atoms with Crippen molar-refractivity contribution in [2.24, 2.45) is 0 Å². The van der Waals surface area contributed by atoms with E-state index < -0.39 is 0 Å². The number of nitrogens with two attached hydrogens (primary N) is 1. The van der Waals surface area contributed by atoms with Crippen molar-refractivity contribution in [1.29, 1.82) is 0 Å². The number of benzene rings is 2. The standard InChI is InChI=1S/C16H16BrNO2/c1-9-6-10(2)15(14(7-9)20-3)16(19)12-8-11(17)4-5-13(12)18/h4-8H,18H2,1-3H3. The average Bonchev–Trinajstić information content (AvgIpc) is 2.40. The molecule has 0 heterocycles. The van der Waals surface area contributed by atoms with Gasteiger partial charge in [0.2, 0.25) is 0 Å². The minimum Gasteiger partial charge on any atom is -0.496 e. The Morgan fingerprint density at radius 1 is 1.20 bits per heavy atom. The molecule has 2 aromatic carbocycles. The highest BCUT2D eigenvalue weighted by Gasteiger charge is 2.20. The second-order valence-electron chi connectivity index (χ2n) is 4.72. The van der Waals surface area contributed by atoms with Gasteiger partial charge in [-0.15, -0.1) is 0 Å². The van der Waals surface area contributed by atoms with Gasteiger partial charge in [-0.3, -0.25) is 4.79 Å². The van der Waals surface area contributed by atoms with E-state index in [1.54, 1.807) is 19.2 Å². The summed E-state index contributed by atoms with van der Waals surface area (Å²) in [5, 5.41) is 0. The van der Waals surface area contributed by atoms with Gasteiger partial charge in [-0.2, -0.15) is 0 Å². The molecule has 0 atom stereocenters. The van der Waals surface area contributed by atoms with Crippen LogP contribution in [0.4, 0.5) is 5.69 Å². The molecular weight excluding hydrogens is 318 g/mol. The first-order valence-corrected chi connectivity index (χ1v) is 6.98. The zero-order chi connectivity index (χ0) is 14.9. The molecule has 104 valence electrons. The minimum atomic E-state index is -0.127. The third-order valence-electron chi connectivity index (χ3n) is 3.15. The summed E-state index contributed by atoms with van der Waals surface area (Å²) < 4.78 is 6.16. The number of aryl methyl sites for hydroxylation is 2. The lowest BCUT2D eigenvalue weighted by atomic mass is 9.95. The van der Waals surface area contributed by atoms with Crippen molar-refractivity contribution in [2.45, 2.75) is 13.8 Å². The van der Waals surface area contributed by atoms with Gasteiger partial charge in [0, 0.05) is 15.7 Å². The SMILES string of the molecule is COc1cc(C)cc(C)c1C(=O)c1cc(Br)ccc1N. The molecule has 0 saturated heterocycles. The highest BCUT2D eigenvalue weighted by Crippen LogP contribution is 2.29. The summed E-state index contributed by atoms with van der Waals surface area (Å²) in [6.45, 7) is 3.87. The zero-order valence-corrected chi connectivity index (χ0v) is 13.2. The van der Waals surface area contributed by atoms with Crippen molar-refractivity contribution in [3.05, 3.63) is 57.1 Å². The van der Waals surface area contributed by atoms with E-state index in [1.807, 2.05) is 32.0 Å². The number of hydrogen-bond acceptors (Lipinski definition) is 3. The summed E-state index contributed by atoms with van der Waals surface area (Å²) in [6.07, 6.45) is 0. The third-order valence-corrected chi connectivity index (χ3v) is 3.64. The number of rotatable bonds is 3. The molecule has 3 nitrogen and oxygen atoms in total. The highest BCUT2D eigenvalue weighted by molar-refractivity contribution is 9.10. The smallest absolute Gasteiger partial charge is 0.199 e. The maximum Gasteiger partial charge on any atom is 0.199 e. The number of carbonyl (C=O) groups excluding carboxylic acids is 1. The summed E-state index contributed by atoms with van der Waals surface area (Å²) in [6, 6.07) is 9.08. The Balaban J connectivity index is 2.62. The average molecular weight is 334 g/mol. The van der Waals surface area contributed by atoms with Crippen molar-refractivity contribution in [3.63, 3.8) is 0 Å². The van der Waals surface area contributed by atoms with Crippen LogP contribution < -0.4 is 10.5 Å². The number of hydrogen-bond donors (Lipinski definition) is 1. The molecule has 2 aromatic rings. The lowest BCUT2D eigenvalue weighted by Gasteiger charge is -2.13. The van der Waals surface area contributed by atoms with Gasteiger partial charge in [-0.25, -0.2) is 0 Å². The molecule has 0 saturated carbocycles. The summed E-state index contributed by atoms with van der Waals surface area (Å²) >= 11 is 3.36. The second-order valence-corrected chi connectivity index (χ2v) is 5.64. The first kappa shape index (κ1) is 14.6. The van der Waals surface area contributed by atoms with Gasteiger partial charge in [0.25, 0.3) is 0 Å². The number of nitrogen functional groups attached to an aromatic ring is 1. The van der Waals surface area contributed by atoms with E-state index in [4.69, 9.17) is 10.5 Å². The van der Waals surface area contributed by atoms with Crippen molar-refractivity contribution in [3.8, 4) is 5.75 Å². The maximum atomic E-state index is 12.8. The number of carbonyl (C=O) groups is 1. The van der Waals surface area contributed by atoms with Crippen LogP contribution in [0, 0.1) is 13.8 Å². The zero-order valence-electron chi connectivity index (χ0n) is 11.7. The van der Waals surface area contributed by atoms with E-state index in [1.165, 1.54) is 0 Å². The van der Waals surface area contributed by atoms with Crippen LogP contribution in [0.3, 0.4) is 0 Å². The Labute approximate surface area is 126 Å². The molecule has 0 aromatic heterocycles. The maximum absolute atomic E-state index is 12.8. The number of ketones is 1. The third kappa shape index (κ3) is 2.70. The Bertz CT molecular complexity index is 680. The molecule has 0 amide bonds. The van der Waals surface area contributed by atoms with Gasteiger partial charge in [0.1, 0.15) is 5.75 Å². The Morgan fingerprint density at radius 2 is 1.90 bits per heavy atom. The van der Waals surface area contributed by atoms with Crippen LogP contribution in [0.15, 0.2) is 34.8 Å². The van der Waals surface area contributed by atoms with Gasteiger partial charge < -0.3 is 10.5 Å². The fourth-order valence-corrected chi connectivity index (χ4v) is 2.60. The molecule has 0 aliphatic rings. The molecule has 0 bridgehead atoms. The van der Waals surface area contributed by atoms with E-state index >= 15 is 0 Å². The van der Waals surface area contributed by atoms with E-state index in [-0.39, 0.29) is 5.78 Å². The molecule has 2 rings (SSSR count). The van der Waals surface area contributed by atoms with Crippen LogP contribution in [0.5, 0.6) is 5.75 Å². The molecule has 4 heteroatoms. The van der Waals surface area contributed by atoms with Crippen LogP contribution in [0.25, 0.3) is 0 Å². The lowest BCUT2D eigenvalue weighted by molar-refractivity contribution is 0.103. The van der Waals surface area contributed by atoms with Gasteiger partial charge in [-0.05, 0) is 49.2 Å². The molecule has 0 spiro atoms. The molecule has 0 aliphatic heterocycles. The van der Waals surface area contributed by atoms with Crippen LogP contribution in [-0.4, -0.2) is 12.9 Å². The van der Waals surface area contributed by atoms with E-state index in [0.29, 0.717) is 22.6 Å². The Morgan fingerprint density at radius 3 is 2.55 bits per heavy atom. The van der Waals surface area contributed by atoms with Gasteiger partial charge in [0.15, 0.2) is 5.78 Å². The summed E-state index contributed by atoms with van der Waals surface area (Å²) in [5.74, 6) is 0.449.